The molecule has 2 amide bonds. The predicted octanol–water partition coefficient (Wildman–Crippen LogP) is 3.08. The highest BCUT2D eigenvalue weighted by molar-refractivity contribution is 7.89. The molecule has 2 aromatic carbocycles. The van der Waals surface area contributed by atoms with Crippen molar-refractivity contribution < 1.29 is 18.0 Å². The molecule has 2 aromatic rings. The molecule has 1 heterocycles. The van der Waals surface area contributed by atoms with Crippen molar-refractivity contribution in [3.8, 4) is 0 Å². The summed E-state index contributed by atoms with van der Waals surface area (Å²) in [6.45, 7) is 1.33. The third-order valence-electron chi connectivity index (χ3n) is 4.65. The molecule has 3 rings (SSSR count). The third kappa shape index (κ3) is 5.72. The highest BCUT2D eigenvalue weighted by Gasteiger charge is 2.26. The molecule has 0 spiro atoms. The Kier molecular flexibility index (Phi) is 7.36. The van der Waals surface area contributed by atoms with Gasteiger partial charge in [0.25, 0.3) is 0 Å². The molecule has 10 heteroatoms. The van der Waals surface area contributed by atoms with Gasteiger partial charge in [-0.05, 0) is 55.2 Å². The predicted molar refractivity (Wildman–Crippen MR) is 116 cm³/mol. The second-order valence-corrected chi connectivity index (χ2v) is 9.68. The molecule has 0 bridgehead atoms. The first-order valence-corrected chi connectivity index (χ1v) is 11.6. The Labute approximate surface area is 185 Å². The molecule has 1 fully saturated rings. The summed E-state index contributed by atoms with van der Waals surface area (Å²) in [5.74, 6) is -1.63. The molecule has 1 aliphatic rings. The number of nitrogens with zero attached hydrogens (tertiary/aromatic N) is 1. The topological polar surface area (TPSA) is 95.6 Å². The molecule has 0 radical (unpaired) electrons. The minimum absolute atomic E-state index is 0.223. The summed E-state index contributed by atoms with van der Waals surface area (Å²) in [6, 6.07) is 11.0. The number of hydrogen-bond donors (Lipinski definition) is 2. The second kappa shape index (κ2) is 9.78. The minimum Gasteiger partial charge on any atom is -0.347 e. The Morgan fingerprint density at radius 3 is 2.13 bits per heavy atom. The smallest absolute Gasteiger partial charge is 0.313 e. The fourth-order valence-electron chi connectivity index (χ4n) is 3.12. The molecule has 30 heavy (non-hydrogen) atoms. The van der Waals surface area contributed by atoms with Crippen LogP contribution in [0.2, 0.25) is 10.0 Å². The number of carbonyl (C=O) groups is 2. The maximum absolute atomic E-state index is 12.5. The van der Waals surface area contributed by atoms with Gasteiger partial charge in [0.05, 0.1) is 4.90 Å². The van der Waals surface area contributed by atoms with E-state index in [2.05, 4.69) is 10.6 Å². The van der Waals surface area contributed by atoms with Crippen LogP contribution in [0.5, 0.6) is 0 Å². The number of halogens is 2. The van der Waals surface area contributed by atoms with Gasteiger partial charge in [-0.1, -0.05) is 35.3 Å². The van der Waals surface area contributed by atoms with Gasteiger partial charge in [0.1, 0.15) is 0 Å². The third-order valence-corrected chi connectivity index (χ3v) is 7.00. The fraction of sp³-hybridized carbons (Fsp3) is 0.300. The summed E-state index contributed by atoms with van der Waals surface area (Å²) in [5, 5.41) is 5.64. The number of sulfonamides is 1. The molecule has 0 unspecified atom stereocenters. The normalized spacial score (nSPS) is 14.5. The van der Waals surface area contributed by atoms with Gasteiger partial charge in [-0.2, -0.15) is 4.31 Å². The number of anilines is 1. The summed E-state index contributed by atoms with van der Waals surface area (Å²) in [4.78, 5) is 24.2. The standard InChI is InChI=1S/C20H21Cl2N3O4S/c21-15-11-16(22)13-17(12-15)24-20(27)19(26)23-8-7-14-3-5-18(6-4-14)30(28,29)25-9-1-2-10-25/h3-6,11-13H,1-2,7-10H2,(H,23,26)(H,24,27). The van der Waals surface area contributed by atoms with Gasteiger partial charge in [0.15, 0.2) is 0 Å². The zero-order valence-corrected chi connectivity index (χ0v) is 18.4. The van der Waals surface area contributed by atoms with Gasteiger partial charge >= 0.3 is 11.8 Å². The van der Waals surface area contributed by atoms with E-state index < -0.39 is 21.8 Å². The van der Waals surface area contributed by atoms with Crippen molar-refractivity contribution in [2.45, 2.75) is 24.2 Å². The van der Waals surface area contributed by atoms with E-state index in [-0.39, 0.29) is 11.4 Å². The maximum atomic E-state index is 12.5. The molecule has 160 valence electrons. The first kappa shape index (κ1) is 22.6. The number of rotatable bonds is 6. The van der Waals surface area contributed by atoms with Gasteiger partial charge in [-0.3, -0.25) is 9.59 Å². The van der Waals surface area contributed by atoms with Gasteiger partial charge < -0.3 is 10.6 Å². The molecule has 0 saturated carbocycles. The largest absolute Gasteiger partial charge is 0.347 e. The molecule has 7 nitrogen and oxygen atoms in total. The Morgan fingerprint density at radius 1 is 0.933 bits per heavy atom. The van der Waals surface area contributed by atoms with Crippen LogP contribution >= 0.6 is 23.2 Å². The zero-order chi connectivity index (χ0) is 21.7. The van der Waals surface area contributed by atoms with E-state index in [9.17, 15) is 18.0 Å². The van der Waals surface area contributed by atoms with Gasteiger partial charge in [0.2, 0.25) is 10.0 Å². The van der Waals surface area contributed by atoms with E-state index in [4.69, 9.17) is 23.2 Å². The quantitative estimate of drug-likeness (QED) is 0.635. The van der Waals surface area contributed by atoms with Crippen LogP contribution in [0, 0.1) is 0 Å². The molecule has 0 aliphatic carbocycles. The number of nitrogens with one attached hydrogen (secondary N) is 2. The van der Waals surface area contributed by atoms with Crippen molar-refractivity contribution in [2.24, 2.45) is 0 Å². The molecule has 0 aromatic heterocycles. The van der Waals surface area contributed by atoms with Crippen LogP contribution in [0.4, 0.5) is 5.69 Å². The monoisotopic (exact) mass is 469 g/mol. The Bertz CT molecular complexity index is 1020. The van der Waals surface area contributed by atoms with Crippen LogP contribution in [-0.2, 0) is 26.0 Å². The molecular weight excluding hydrogens is 449 g/mol. The lowest BCUT2D eigenvalue weighted by atomic mass is 10.1. The summed E-state index contributed by atoms with van der Waals surface area (Å²) < 4.78 is 26.5. The highest BCUT2D eigenvalue weighted by atomic mass is 35.5. The fourth-order valence-corrected chi connectivity index (χ4v) is 5.16. The van der Waals surface area contributed by atoms with Crippen molar-refractivity contribution in [3.63, 3.8) is 0 Å². The Morgan fingerprint density at radius 2 is 1.53 bits per heavy atom. The molecule has 1 saturated heterocycles. The minimum atomic E-state index is -3.44. The Balaban J connectivity index is 1.49. The second-order valence-electron chi connectivity index (χ2n) is 6.87. The number of benzene rings is 2. The van der Waals surface area contributed by atoms with Crippen LogP contribution in [-0.4, -0.2) is 44.2 Å². The van der Waals surface area contributed by atoms with Gasteiger partial charge in [-0.15, -0.1) is 0 Å². The van der Waals surface area contributed by atoms with Crippen molar-refractivity contribution >= 4 is 50.7 Å². The summed E-state index contributed by atoms with van der Waals surface area (Å²) in [5.41, 5.74) is 1.17. The first-order chi connectivity index (χ1) is 14.3. The van der Waals surface area contributed by atoms with E-state index in [1.165, 1.54) is 22.5 Å². The van der Waals surface area contributed by atoms with Crippen LogP contribution in [0.3, 0.4) is 0 Å². The SMILES string of the molecule is O=C(NCCc1ccc(S(=O)(=O)N2CCCC2)cc1)C(=O)Nc1cc(Cl)cc(Cl)c1. The highest BCUT2D eigenvalue weighted by Crippen LogP contribution is 2.23. The lowest BCUT2D eigenvalue weighted by molar-refractivity contribution is -0.136. The maximum Gasteiger partial charge on any atom is 0.313 e. The van der Waals surface area contributed by atoms with Crippen LogP contribution in [0.15, 0.2) is 47.4 Å². The molecule has 2 N–H and O–H groups in total. The number of carbonyl (C=O) groups excluding carboxylic acids is 2. The summed E-state index contributed by atoms with van der Waals surface area (Å²) >= 11 is 11.7. The van der Waals surface area contributed by atoms with Crippen molar-refractivity contribution in [1.82, 2.24) is 9.62 Å². The lowest BCUT2D eigenvalue weighted by Gasteiger charge is -2.15. The van der Waals surface area contributed by atoms with E-state index in [1.54, 1.807) is 24.3 Å². The number of amides is 2. The molecule has 1 aliphatic heterocycles. The number of hydrogen-bond acceptors (Lipinski definition) is 4. The van der Waals surface area contributed by atoms with E-state index in [0.717, 1.165) is 18.4 Å². The van der Waals surface area contributed by atoms with E-state index >= 15 is 0 Å². The summed E-state index contributed by atoms with van der Waals surface area (Å²) in [7, 11) is -3.44. The van der Waals surface area contributed by atoms with Crippen LogP contribution in [0.1, 0.15) is 18.4 Å². The average Bonchev–Trinajstić information content (AvgIpc) is 3.23. The molecular formula is C20H21Cl2N3O4S. The van der Waals surface area contributed by atoms with Gasteiger partial charge in [-0.25, -0.2) is 8.42 Å². The van der Waals surface area contributed by atoms with Gasteiger partial charge in [0, 0.05) is 35.4 Å². The Hall–Kier alpha value is -2.13. The van der Waals surface area contributed by atoms with Crippen molar-refractivity contribution in [2.75, 3.05) is 25.0 Å². The zero-order valence-electron chi connectivity index (χ0n) is 16.0. The van der Waals surface area contributed by atoms with E-state index in [0.29, 0.717) is 35.2 Å². The first-order valence-electron chi connectivity index (χ1n) is 9.40. The van der Waals surface area contributed by atoms with E-state index in [1.807, 2.05) is 0 Å². The summed E-state index contributed by atoms with van der Waals surface area (Å²) in [6.07, 6.45) is 2.22. The lowest BCUT2D eigenvalue weighted by Crippen LogP contribution is -2.36. The van der Waals surface area contributed by atoms with Crippen LogP contribution < -0.4 is 10.6 Å². The average molecular weight is 470 g/mol. The van der Waals surface area contributed by atoms with Crippen molar-refractivity contribution in [3.05, 3.63) is 58.1 Å². The van der Waals surface area contributed by atoms with Crippen molar-refractivity contribution in [1.29, 1.82) is 0 Å². The van der Waals surface area contributed by atoms with Crippen LogP contribution in [0.25, 0.3) is 0 Å². The molecule has 0 atom stereocenters.